The van der Waals surface area contributed by atoms with Gasteiger partial charge in [0.25, 0.3) is 0 Å². The van der Waals surface area contributed by atoms with E-state index in [1.165, 1.54) is 43.7 Å². The summed E-state index contributed by atoms with van der Waals surface area (Å²) < 4.78 is 0. The molecule has 29 N–H and O–H groups in total. The molecule has 0 spiro atoms. The van der Waals surface area contributed by atoms with Crippen molar-refractivity contribution in [3.8, 4) is 5.75 Å². The van der Waals surface area contributed by atoms with E-state index in [4.69, 9.17) is 34.1 Å². The van der Waals surface area contributed by atoms with Gasteiger partial charge >= 0.3 is 5.97 Å². The summed E-state index contributed by atoms with van der Waals surface area (Å²) in [5.74, 6) is -19.3. The first-order valence-electron chi connectivity index (χ1n) is 38.9. The number of nitrogens with two attached hydrogens (primary N) is 5. The Labute approximate surface area is 685 Å². The molecule has 0 aliphatic carbocycles. The number of hydrogen-bond donors (Lipinski definition) is 24. The Morgan fingerprint density at radius 2 is 1.12 bits per heavy atom. The lowest BCUT2D eigenvalue weighted by molar-refractivity contribution is -0.143. The SMILES string of the molecule is CC[C@H](C)[C@H](NC(=O)[C@H](CCCNC(=N)N)NC(=O)[C@H](CC(N)=O)NC(=O)[C@H](CCC(N)=O)NC(=O)[C@@H]1CCCN1C(=O)[C@H](CC(C)C)NC(=O)[C@H](CC(N)=O)NC(=O)[C@H](Cc1c[nH]cn1)NC(=O)[C@H](C)NC(=O)[C@@H](N)CC(C)C)C(=O)NCC(=O)N[C@@H](Cc1ccc(O)cc1)C(=O)N[C@@H](CO)C(=O)N[C@@H](Cc1c[nH]c2ccccc12)C(=O)O. The summed E-state index contributed by atoms with van der Waals surface area (Å²) >= 11 is 0. The maximum atomic E-state index is 14.8. The second-order valence-electron chi connectivity index (χ2n) is 30.0. The second-order valence-corrected chi connectivity index (χ2v) is 30.0. The van der Waals surface area contributed by atoms with Crippen molar-refractivity contribution in [2.45, 2.75) is 217 Å². The van der Waals surface area contributed by atoms with E-state index >= 15 is 0 Å². The number of para-hydroxylation sites is 1. The number of carboxylic acid groups (broad SMARTS) is 1. The highest BCUT2D eigenvalue weighted by Gasteiger charge is 2.42. The largest absolute Gasteiger partial charge is 0.508 e. The van der Waals surface area contributed by atoms with Gasteiger partial charge < -0.3 is 128 Å². The summed E-state index contributed by atoms with van der Waals surface area (Å²) in [5.41, 5.74) is 30.1. The second kappa shape index (κ2) is 47.4. The Bertz CT molecular complexity index is 4230. The van der Waals surface area contributed by atoms with Gasteiger partial charge in [0.05, 0.1) is 44.1 Å². The number of guanidine groups is 1. The third-order valence-electron chi connectivity index (χ3n) is 19.4. The van der Waals surface area contributed by atoms with Crippen LogP contribution in [0.4, 0.5) is 0 Å². The molecule has 14 atom stereocenters. The first-order chi connectivity index (χ1) is 56.2. The van der Waals surface area contributed by atoms with Crippen LogP contribution in [0.2, 0.25) is 0 Å². The molecule has 652 valence electrons. The van der Waals surface area contributed by atoms with E-state index in [0.29, 0.717) is 28.5 Å². The number of carboxylic acids is 1. The van der Waals surface area contributed by atoms with Crippen LogP contribution in [0.5, 0.6) is 5.75 Å². The minimum absolute atomic E-state index is 0.0286. The van der Waals surface area contributed by atoms with Crippen LogP contribution >= 0.6 is 0 Å². The minimum atomic E-state index is -1.96. The molecule has 119 heavy (non-hydrogen) atoms. The van der Waals surface area contributed by atoms with Gasteiger partial charge in [-0.25, -0.2) is 9.78 Å². The van der Waals surface area contributed by atoms with E-state index in [1.54, 1.807) is 58.2 Å². The fourth-order valence-corrected chi connectivity index (χ4v) is 12.9. The number of aromatic amines is 2. The zero-order valence-electron chi connectivity index (χ0n) is 67.4. The standard InChI is InChI=1S/C76H113N23O20/c1-8-39(6)62(73(116)86-34-61(105)89-50(27-41-17-19-44(101)20-18-41)67(110)97-56(35-100)71(114)96-55(75(118)119)28-42-32-85-47-14-10-9-13-45(42)47)98-66(109)48(15-11-23-84-76(81)82)90-69(112)52(30-59(79)103)93-65(108)49(21-22-58(78)102)91-72(115)57-16-12-24-99(57)74(117)54(26-38(4)5)95-70(113)53(31-60(80)104)94-68(111)51(29-43-33-83-36-87-43)92-63(106)40(7)88-64(107)46(77)25-37(2)3/h9-10,13-14,17-20,32-33,36-40,46,48-57,62,85,100-101H,8,11-12,15-16,21-31,34-35,77H2,1-7H3,(H2,78,102)(H2,79,103)(H2,80,104)(H,83,87)(H,86,116)(H,88,107)(H,89,105)(H,90,112)(H,91,115)(H,92,106)(H,93,108)(H,94,111)(H,95,113)(H,96,114)(H,97,110)(H,98,109)(H,118,119)(H4,81,82,84)/t39-,40-,46-,48-,49-,50-,51-,52-,53-,54-,55-,56-,57-,62-/m0/s1. The van der Waals surface area contributed by atoms with Crippen molar-refractivity contribution >= 4 is 117 Å². The van der Waals surface area contributed by atoms with Crippen LogP contribution < -0.4 is 97.8 Å². The van der Waals surface area contributed by atoms with Crippen molar-refractivity contribution in [2.24, 2.45) is 46.4 Å². The summed E-state index contributed by atoms with van der Waals surface area (Å²) in [7, 11) is 0. The number of phenolic OH excluding ortho intramolecular Hbond substituents is 1. The van der Waals surface area contributed by atoms with Gasteiger partial charge in [-0.15, -0.1) is 0 Å². The van der Waals surface area contributed by atoms with Crippen LogP contribution in [0, 0.1) is 23.2 Å². The monoisotopic (exact) mass is 1670 g/mol. The molecule has 2 aromatic carbocycles. The van der Waals surface area contributed by atoms with Gasteiger partial charge in [0.15, 0.2) is 5.96 Å². The van der Waals surface area contributed by atoms with Crippen LogP contribution in [0.25, 0.3) is 10.9 Å². The molecule has 0 radical (unpaired) electrons. The average molecular weight is 1670 g/mol. The molecule has 3 heterocycles. The molecule has 0 unspecified atom stereocenters. The van der Waals surface area contributed by atoms with Crippen molar-refractivity contribution in [3.63, 3.8) is 0 Å². The molecule has 0 saturated carbocycles. The molecule has 0 bridgehead atoms. The number of nitrogens with one attached hydrogen (secondary N) is 16. The molecular weight excluding hydrogens is 1550 g/mol. The molecule has 2 aromatic heterocycles. The number of carbonyl (C=O) groups excluding carboxylic acids is 16. The van der Waals surface area contributed by atoms with Gasteiger partial charge in [-0.2, -0.15) is 0 Å². The fourth-order valence-electron chi connectivity index (χ4n) is 12.9. The Morgan fingerprint density at radius 1 is 0.571 bits per heavy atom. The maximum absolute atomic E-state index is 14.8. The lowest BCUT2D eigenvalue weighted by Crippen LogP contribution is -2.61. The molecule has 1 saturated heterocycles. The number of nitrogens with zero attached hydrogens (tertiary/aromatic N) is 2. The van der Waals surface area contributed by atoms with E-state index < -0.39 is 230 Å². The van der Waals surface area contributed by atoms with E-state index in [1.807, 2.05) is 13.8 Å². The Morgan fingerprint density at radius 3 is 1.69 bits per heavy atom. The number of benzene rings is 2. The number of carbonyl (C=O) groups is 17. The third kappa shape index (κ3) is 32.0. The predicted molar refractivity (Wildman–Crippen MR) is 427 cm³/mol. The average Bonchev–Trinajstić information content (AvgIpc) is 1.72. The van der Waals surface area contributed by atoms with Gasteiger partial charge in [0.1, 0.15) is 78.3 Å². The zero-order valence-corrected chi connectivity index (χ0v) is 67.4. The number of phenols is 1. The smallest absolute Gasteiger partial charge is 0.326 e. The Balaban J connectivity index is 1.31. The number of aliphatic carboxylic acids is 1. The van der Waals surface area contributed by atoms with Gasteiger partial charge in [0.2, 0.25) is 94.5 Å². The highest BCUT2D eigenvalue weighted by molar-refractivity contribution is 6.02. The summed E-state index contributed by atoms with van der Waals surface area (Å²) in [4.78, 5) is 244. The van der Waals surface area contributed by atoms with Crippen LogP contribution in [-0.2, 0) is 101 Å². The zero-order chi connectivity index (χ0) is 88.5. The van der Waals surface area contributed by atoms with Gasteiger partial charge in [-0.3, -0.25) is 82.1 Å². The first-order valence-corrected chi connectivity index (χ1v) is 38.9. The van der Waals surface area contributed by atoms with Crippen molar-refractivity contribution in [3.05, 3.63) is 84.1 Å². The van der Waals surface area contributed by atoms with E-state index in [2.05, 4.69) is 84.1 Å². The van der Waals surface area contributed by atoms with Crippen LogP contribution in [-0.4, -0.2) is 246 Å². The lowest BCUT2D eigenvalue weighted by atomic mass is 9.97. The molecule has 1 aliphatic heterocycles. The van der Waals surface area contributed by atoms with Crippen LogP contribution in [0.15, 0.2) is 67.3 Å². The molecule has 16 amide bonds. The fraction of sp³-hybridized carbons (Fsp3) is 0.539. The number of hydrogen-bond acceptors (Lipinski definition) is 22. The van der Waals surface area contributed by atoms with Crippen LogP contribution in [0.3, 0.4) is 0 Å². The molecule has 43 nitrogen and oxygen atoms in total. The van der Waals surface area contributed by atoms with Crippen molar-refractivity contribution in [1.29, 1.82) is 5.41 Å². The highest BCUT2D eigenvalue weighted by Crippen LogP contribution is 2.23. The van der Waals surface area contributed by atoms with Gasteiger partial charge in [0, 0.05) is 62.1 Å². The topological polar surface area (TPSA) is 709 Å². The number of imidazole rings is 1. The summed E-state index contributed by atoms with van der Waals surface area (Å²) in [6.45, 7) is 9.63. The molecule has 4 aromatic rings. The number of aromatic hydroxyl groups is 1. The van der Waals surface area contributed by atoms with Crippen LogP contribution in [0.1, 0.15) is 136 Å². The molecule has 5 rings (SSSR count). The normalized spacial score (nSPS) is 15.8. The number of rotatable bonds is 50. The maximum Gasteiger partial charge on any atom is 0.326 e. The van der Waals surface area contributed by atoms with Gasteiger partial charge in [-0.05, 0) is 98.9 Å². The molecular formula is C76H113N23O20. The number of H-pyrrole nitrogens is 2. The molecule has 43 heteroatoms. The van der Waals surface area contributed by atoms with E-state index in [9.17, 15) is 96.8 Å². The number of fused-ring (bicyclic) bond motifs is 1. The Hall–Kier alpha value is -12.8. The number of likely N-dealkylation sites (tertiary alicyclic amines) is 1. The minimum Gasteiger partial charge on any atom is -0.508 e. The highest BCUT2D eigenvalue weighted by atomic mass is 16.4. The van der Waals surface area contributed by atoms with Crippen molar-refractivity contribution < 1.29 is 96.8 Å². The Kier molecular flexibility index (Phi) is 38.5. The first kappa shape index (κ1) is 96.8. The number of primary amides is 3. The quantitative estimate of drug-likeness (QED) is 0.0111. The van der Waals surface area contributed by atoms with Crippen molar-refractivity contribution in [1.82, 2.24) is 89.0 Å². The third-order valence-corrected chi connectivity index (χ3v) is 19.4. The molecule has 1 fully saturated rings. The summed E-state index contributed by atoms with van der Waals surface area (Å²) in [6.07, 6.45) is 0.866. The van der Waals surface area contributed by atoms with E-state index in [0.717, 1.165) is 4.90 Å². The summed E-state index contributed by atoms with van der Waals surface area (Å²) in [6, 6.07) is -7.61. The van der Waals surface area contributed by atoms with E-state index in [-0.39, 0.29) is 94.2 Å². The number of aromatic nitrogens is 3. The summed E-state index contributed by atoms with van der Waals surface area (Å²) in [5, 5.41) is 70.8. The predicted octanol–water partition coefficient (Wildman–Crippen LogP) is -6.09. The molecule has 1 aliphatic rings. The number of aliphatic hydroxyl groups is 1. The lowest BCUT2D eigenvalue weighted by Gasteiger charge is -2.31. The number of amides is 16. The number of aliphatic hydroxyl groups excluding tert-OH is 1. The van der Waals surface area contributed by atoms with Crippen molar-refractivity contribution in [2.75, 3.05) is 26.2 Å². The van der Waals surface area contributed by atoms with Gasteiger partial charge in [-0.1, -0.05) is 78.3 Å².